The minimum absolute atomic E-state index is 0.254. The molecule has 1 N–H and O–H groups in total. The Morgan fingerprint density at radius 3 is 2.47 bits per heavy atom. The summed E-state index contributed by atoms with van der Waals surface area (Å²) in [6, 6.07) is 0.428. The molecule has 1 aliphatic carbocycles. The standard InChI is InChI=1S/C12H22N2O/c1-9(2)12(8-14(3)4)13-10-5-6-11(15)7-10/h7,9,12-13H,5-6,8H2,1-4H3. The summed E-state index contributed by atoms with van der Waals surface area (Å²) in [6.45, 7) is 5.42. The third-order valence-electron chi connectivity index (χ3n) is 2.71. The first-order valence-corrected chi connectivity index (χ1v) is 5.63. The number of nitrogens with zero attached hydrogens (tertiary/aromatic N) is 1. The molecule has 15 heavy (non-hydrogen) atoms. The topological polar surface area (TPSA) is 32.3 Å². The Kier molecular flexibility index (Phi) is 4.33. The van der Waals surface area contributed by atoms with Crippen LogP contribution in [-0.4, -0.2) is 37.4 Å². The van der Waals surface area contributed by atoms with Gasteiger partial charge in [0.05, 0.1) is 0 Å². The molecule has 0 saturated carbocycles. The van der Waals surface area contributed by atoms with Crippen LogP contribution in [0.15, 0.2) is 11.8 Å². The summed E-state index contributed by atoms with van der Waals surface area (Å²) in [5.74, 6) is 0.828. The van der Waals surface area contributed by atoms with Gasteiger partial charge in [0.15, 0.2) is 5.78 Å². The van der Waals surface area contributed by atoms with E-state index in [-0.39, 0.29) is 5.78 Å². The summed E-state index contributed by atoms with van der Waals surface area (Å²) >= 11 is 0. The molecule has 0 amide bonds. The van der Waals surface area contributed by atoms with Gasteiger partial charge in [-0.3, -0.25) is 4.79 Å². The molecule has 0 saturated heterocycles. The lowest BCUT2D eigenvalue weighted by Gasteiger charge is -2.27. The summed E-state index contributed by atoms with van der Waals surface area (Å²) in [5, 5.41) is 3.48. The molecule has 0 heterocycles. The second-order valence-corrected chi connectivity index (χ2v) is 4.89. The lowest BCUT2D eigenvalue weighted by atomic mass is 10.0. The van der Waals surface area contributed by atoms with Crippen LogP contribution in [0.1, 0.15) is 26.7 Å². The Morgan fingerprint density at radius 1 is 1.40 bits per heavy atom. The van der Waals surface area contributed by atoms with Crippen molar-refractivity contribution in [1.82, 2.24) is 10.2 Å². The molecule has 0 radical (unpaired) electrons. The van der Waals surface area contributed by atoms with Crippen molar-refractivity contribution in [2.45, 2.75) is 32.7 Å². The highest BCUT2D eigenvalue weighted by molar-refractivity contribution is 5.92. The molecule has 1 atom stereocenters. The maximum atomic E-state index is 11.1. The van der Waals surface area contributed by atoms with Crippen LogP contribution in [0, 0.1) is 5.92 Å². The third-order valence-corrected chi connectivity index (χ3v) is 2.71. The molecule has 0 aromatic heterocycles. The lowest BCUT2D eigenvalue weighted by molar-refractivity contribution is -0.114. The highest BCUT2D eigenvalue weighted by atomic mass is 16.1. The first-order chi connectivity index (χ1) is 6.99. The van der Waals surface area contributed by atoms with Gasteiger partial charge in [-0.25, -0.2) is 0 Å². The number of hydrogen-bond donors (Lipinski definition) is 1. The Morgan fingerprint density at radius 2 is 2.07 bits per heavy atom. The minimum atomic E-state index is 0.254. The van der Waals surface area contributed by atoms with E-state index >= 15 is 0 Å². The van der Waals surface area contributed by atoms with Crippen LogP contribution >= 0.6 is 0 Å². The normalized spacial score (nSPS) is 18.5. The minimum Gasteiger partial charge on any atom is -0.384 e. The van der Waals surface area contributed by atoms with E-state index in [4.69, 9.17) is 0 Å². The van der Waals surface area contributed by atoms with Crippen LogP contribution in [0.25, 0.3) is 0 Å². The monoisotopic (exact) mass is 210 g/mol. The number of likely N-dealkylation sites (N-methyl/N-ethyl adjacent to an activating group) is 1. The summed E-state index contributed by atoms with van der Waals surface area (Å²) in [5.41, 5.74) is 1.11. The van der Waals surface area contributed by atoms with Crippen molar-refractivity contribution in [2.75, 3.05) is 20.6 Å². The van der Waals surface area contributed by atoms with Gasteiger partial charge < -0.3 is 10.2 Å². The molecule has 0 aliphatic heterocycles. The van der Waals surface area contributed by atoms with Crippen molar-refractivity contribution in [3.8, 4) is 0 Å². The number of nitrogens with one attached hydrogen (secondary N) is 1. The van der Waals surface area contributed by atoms with Crippen LogP contribution in [-0.2, 0) is 4.79 Å². The fraction of sp³-hybridized carbons (Fsp3) is 0.750. The van der Waals surface area contributed by atoms with E-state index in [9.17, 15) is 4.79 Å². The van der Waals surface area contributed by atoms with E-state index in [2.05, 4.69) is 38.2 Å². The number of rotatable bonds is 5. The van der Waals surface area contributed by atoms with Gasteiger partial charge in [-0.05, 0) is 26.4 Å². The average Bonchev–Trinajstić information content (AvgIpc) is 2.49. The molecule has 1 rings (SSSR count). The van der Waals surface area contributed by atoms with E-state index in [0.717, 1.165) is 18.7 Å². The number of allylic oxidation sites excluding steroid dienone is 2. The largest absolute Gasteiger partial charge is 0.384 e. The molecule has 3 nitrogen and oxygen atoms in total. The molecule has 0 aromatic carbocycles. The quantitative estimate of drug-likeness (QED) is 0.744. The average molecular weight is 210 g/mol. The SMILES string of the molecule is CC(C)C(CN(C)C)NC1=CC(=O)CC1. The first kappa shape index (κ1) is 12.2. The summed E-state index contributed by atoms with van der Waals surface area (Å²) in [7, 11) is 4.15. The predicted octanol–water partition coefficient (Wildman–Crippen LogP) is 1.41. The summed E-state index contributed by atoms with van der Waals surface area (Å²) in [6.07, 6.45) is 3.32. The maximum absolute atomic E-state index is 11.1. The molecule has 86 valence electrons. The van der Waals surface area contributed by atoms with Crippen molar-refractivity contribution in [3.05, 3.63) is 11.8 Å². The fourth-order valence-corrected chi connectivity index (χ4v) is 1.77. The summed E-state index contributed by atoms with van der Waals surface area (Å²) in [4.78, 5) is 13.3. The van der Waals surface area contributed by atoms with Gasteiger partial charge in [0, 0.05) is 30.8 Å². The molecule has 0 spiro atoms. The molecule has 0 fully saturated rings. The second kappa shape index (κ2) is 5.31. The van der Waals surface area contributed by atoms with E-state index in [1.165, 1.54) is 0 Å². The second-order valence-electron chi connectivity index (χ2n) is 4.89. The van der Waals surface area contributed by atoms with Crippen LogP contribution in [0.2, 0.25) is 0 Å². The van der Waals surface area contributed by atoms with Gasteiger partial charge in [0.2, 0.25) is 0 Å². The molecular formula is C12H22N2O. The highest BCUT2D eigenvalue weighted by Gasteiger charge is 2.18. The van der Waals surface area contributed by atoms with E-state index in [1.54, 1.807) is 6.08 Å². The van der Waals surface area contributed by atoms with Crippen LogP contribution in [0.4, 0.5) is 0 Å². The summed E-state index contributed by atoms with van der Waals surface area (Å²) < 4.78 is 0. The number of carbonyl (C=O) groups is 1. The third kappa shape index (κ3) is 4.04. The molecule has 3 heteroatoms. The van der Waals surface area contributed by atoms with Crippen molar-refractivity contribution < 1.29 is 4.79 Å². The van der Waals surface area contributed by atoms with Crippen LogP contribution in [0.5, 0.6) is 0 Å². The Bertz CT molecular complexity index is 256. The zero-order chi connectivity index (χ0) is 11.4. The number of hydrogen-bond acceptors (Lipinski definition) is 3. The van der Waals surface area contributed by atoms with Gasteiger partial charge in [0.25, 0.3) is 0 Å². The van der Waals surface area contributed by atoms with Crippen molar-refractivity contribution in [3.63, 3.8) is 0 Å². The van der Waals surface area contributed by atoms with Gasteiger partial charge in [-0.15, -0.1) is 0 Å². The van der Waals surface area contributed by atoms with Gasteiger partial charge in [-0.2, -0.15) is 0 Å². The van der Waals surface area contributed by atoms with Gasteiger partial charge in [0.1, 0.15) is 0 Å². The van der Waals surface area contributed by atoms with E-state index in [1.807, 2.05) is 0 Å². The molecule has 0 bridgehead atoms. The Balaban J connectivity index is 2.51. The van der Waals surface area contributed by atoms with Gasteiger partial charge >= 0.3 is 0 Å². The van der Waals surface area contributed by atoms with Crippen LogP contribution < -0.4 is 5.32 Å². The van der Waals surface area contributed by atoms with E-state index in [0.29, 0.717) is 18.4 Å². The van der Waals surface area contributed by atoms with Gasteiger partial charge in [-0.1, -0.05) is 13.8 Å². The first-order valence-electron chi connectivity index (χ1n) is 5.63. The van der Waals surface area contributed by atoms with Crippen molar-refractivity contribution in [2.24, 2.45) is 5.92 Å². The smallest absolute Gasteiger partial charge is 0.157 e. The van der Waals surface area contributed by atoms with E-state index < -0.39 is 0 Å². The Labute approximate surface area is 92.5 Å². The zero-order valence-electron chi connectivity index (χ0n) is 10.2. The molecular weight excluding hydrogens is 188 g/mol. The maximum Gasteiger partial charge on any atom is 0.157 e. The molecule has 1 aliphatic rings. The lowest BCUT2D eigenvalue weighted by Crippen LogP contribution is -2.41. The van der Waals surface area contributed by atoms with Crippen molar-refractivity contribution in [1.29, 1.82) is 0 Å². The molecule has 1 unspecified atom stereocenters. The molecule has 0 aromatic rings. The van der Waals surface area contributed by atoms with Crippen molar-refractivity contribution >= 4 is 5.78 Å². The Hall–Kier alpha value is -0.830. The fourth-order valence-electron chi connectivity index (χ4n) is 1.77. The predicted molar refractivity (Wildman–Crippen MR) is 62.6 cm³/mol. The van der Waals surface area contributed by atoms with Crippen LogP contribution in [0.3, 0.4) is 0 Å². The zero-order valence-corrected chi connectivity index (χ0v) is 10.2. The number of carbonyl (C=O) groups excluding carboxylic acids is 1. The highest BCUT2D eigenvalue weighted by Crippen LogP contribution is 2.14. The number of ketones is 1.